The Morgan fingerprint density at radius 1 is 1.35 bits per heavy atom. The van der Waals surface area contributed by atoms with Crippen LogP contribution in [0.25, 0.3) is 0 Å². The zero-order valence-corrected chi connectivity index (χ0v) is 12.0. The third-order valence-corrected chi connectivity index (χ3v) is 3.02. The van der Waals surface area contributed by atoms with E-state index in [0.717, 1.165) is 4.47 Å². The molecular weight excluding hydrogens is 284 g/mol. The molecule has 2 N–H and O–H groups in total. The number of halogens is 1. The minimum absolute atomic E-state index is 0.0971. The maximum atomic E-state index is 11.9. The van der Waals surface area contributed by atoms with Crippen LogP contribution >= 0.6 is 15.9 Å². The standard InChI is InChI=1S/C12H17BrN2O2/c1-12(2,14-3)11(16)15-9-5-8(13)6-10(7-9)17-4/h5-7,14H,1-4H3,(H,15,16). The van der Waals surface area contributed by atoms with Crippen molar-refractivity contribution in [3.05, 3.63) is 22.7 Å². The Hall–Kier alpha value is -1.07. The van der Waals surface area contributed by atoms with Gasteiger partial charge in [-0.05, 0) is 33.0 Å². The Bertz CT molecular complexity index is 419. The molecule has 5 heteroatoms. The maximum absolute atomic E-state index is 11.9. The molecular formula is C12H17BrN2O2. The molecule has 1 amide bonds. The molecule has 0 aliphatic rings. The fraction of sp³-hybridized carbons (Fsp3) is 0.417. The molecule has 0 unspecified atom stereocenters. The van der Waals surface area contributed by atoms with Gasteiger partial charge in [-0.2, -0.15) is 0 Å². The van der Waals surface area contributed by atoms with Crippen LogP contribution < -0.4 is 15.4 Å². The summed E-state index contributed by atoms with van der Waals surface area (Å²) in [7, 11) is 3.34. The third-order valence-electron chi connectivity index (χ3n) is 2.56. The highest BCUT2D eigenvalue weighted by molar-refractivity contribution is 9.10. The van der Waals surface area contributed by atoms with Crippen molar-refractivity contribution in [3.63, 3.8) is 0 Å². The van der Waals surface area contributed by atoms with Crippen molar-refractivity contribution >= 4 is 27.5 Å². The number of hydrogen-bond acceptors (Lipinski definition) is 3. The van der Waals surface area contributed by atoms with Crippen molar-refractivity contribution in [1.82, 2.24) is 5.32 Å². The molecule has 0 radical (unpaired) electrons. The van der Waals surface area contributed by atoms with Gasteiger partial charge in [0.25, 0.3) is 0 Å². The van der Waals surface area contributed by atoms with E-state index in [0.29, 0.717) is 11.4 Å². The highest BCUT2D eigenvalue weighted by atomic mass is 79.9. The first-order valence-corrected chi connectivity index (χ1v) is 6.03. The summed E-state index contributed by atoms with van der Waals surface area (Å²) in [6.45, 7) is 3.63. The quantitative estimate of drug-likeness (QED) is 0.898. The molecule has 0 aliphatic carbocycles. The van der Waals surface area contributed by atoms with E-state index in [1.807, 2.05) is 26.0 Å². The van der Waals surface area contributed by atoms with Gasteiger partial charge in [0, 0.05) is 16.2 Å². The number of likely N-dealkylation sites (N-methyl/N-ethyl adjacent to an activating group) is 1. The van der Waals surface area contributed by atoms with E-state index in [2.05, 4.69) is 26.6 Å². The number of methoxy groups -OCH3 is 1. The molecule has 0 heterocycles. The summed E-state index contributed by atoms with van der Waals surface area (Å²) in [5.41, 5.74) is 0.0831. The molecule has 1 rings (SSSR count). The summed E-state index contributed by atoms with van der Waals surface area (Å²) in [5.74, 6) is 0.595. The molecule has 1 aromatic carbocycles. The minimum atomic E-state index is -0.616. The molecule has 0 aliphatic heterocycles. The normalized spacial score (nSPS) is 11.1. The van der Waals surface area contributed by atoms with Crippen molar-refractivity contribution < 1.29 is 9.53 Å². The average Bonchev–Trinajstić information content (AvgIpc) is 2.28. The van der Waals surface area contributed by atoms with E-state index >= 15 is 0 Å². The van der Waals surface area contributed by atoms with E-state index in [1.54, 1.807) is 20.2 Å². The van der Waals surface area contributed by atoms with Gasteiger partial charge in [0.05, 0.1) is 12.6 Å². The van der Waals surface area contributed by atoms with Gasteiger partial charge in [0.1, 0.15) is 5.75 Å². The Balaban J connectivity index is 2.88. The molecule has 1 aromatic rings. The van der Waals surface area contributed by atoms with Crippen molar-refractivity contribution in [2.75, 3.05) is 19.5 Å². The second-order valence-corrected chi connectivity index (χ2v) is 5.12. The topological polar surface area (TPSA) is 50.4 Å². The highest BCUT2D eigenvalue weighted by Crippen LogP contribution is 2.25. The summed E-state index contributed by atoms with van der Waals surface area (Å²) in [6.07, 6.45) is 0. The second-order valence-electron chi connectivity index (χ2n) is 4.21. The fourth-order valence-corrected chi connectivity index (χ4v) is 1.63. The van der Waals surface area contributed by atoms with Crippen LogP contribution in [0.2, 0.25) is 0 Å². The molecule has 0 saturated heterocycles. The molecule has 94 valence electrons. The van der Waals surface area contributed by atoms with Crippen molar-refractivity contribution in [2.45, 2.75) is 19.4 Å². The molecule has 0 aromatic heterocycles. The van der Waals surface area contributed by atoms with Crippen LogP contribution in [0.3, 0.4) is 0 Å². The van der Waals surface area contributed by atoms with Crippen LogP contribution in [0.15, 0.2) is 22.7 Å². The first-order valence-electron chi connectivity index (χ1n) is 5.24. The van der Waals surface area contributed by atoms with Crippen molar-refractivity contribution in [3.8, 4) is 5.75 Å². The number of nitrogens with one attached hydrogen (secondary N) is 2. The highest BCUT2D eigenvalue weighted by Gasteiger charge is 2.25. The lowest BCUT2D eigenvalue weighted by Gasteiger charge is -2.22. The lowest BCUT2D eigenvalue weighted by Crippen LogP contribution is -2.47. The van der Waals surface area contributed by atoms with E-state index in [9.17, 15) is 4.79 Å². The maximum Gasteiger partial charge on any atom is 0.244 e. The van der Waals surface area contributed by atoms with Crippen LogP contribution in [0.1, 0.15) is 13.8 Å². The summed E-state index contributed by atoms with van der Waals surface area (Å²) in [6, 6.07) is 5.43. The molecule has 0 bridgehead atoms. The van der Waals surface area contributed by atoms with Gasteiger partial charge in [-0.1, -0.05) is 15.9 Å². The number of benzene rings is 1. The Morgan fingerprint density at radius 2 is 2.00 bits per heavy atom. The molecule has 4 nitrogen and oxygen atoms in total. The Morgan fingerprint density at radius 3 is 2.53 bits per heavy atom. The van der Waals surface area contributed by atoms with E-state index in [-0.39, 0.29) is 5.91 Å². The van der Waals surface area contributed by atoms with E-state index < -0.39 is 5.54 Å². The predicted molar refractivity (Wildman–Crippen MR) is 72.5 cm³/mol. The van der Waals surface area contributed by atoms with Crippen LogP contribution in [-0.2, 0) is 4.79 Å². The van der Waals surface area contributed by atoms with Crippen LogP contribution in [0.5, 0.6) is 5.75 Å². The van der Waals surface area contributed by atoms with Crippen LogP contribution in [-0.4, -0.2) is 25.6 Å². The van der Waals surface area contributed by atoms with Gasteiger partial charge in [-0.25, -0.2) is 0 Å². The number of ether oxygens (including phenoxy) is 1. The van der Waals surface area contributed by atoms with Crippen LogP contribution in [0.4, 0.5) is 5.69 Å². The zero-order chi connectivity index (χ0) is 13.1. The lowest BCUT2D eigenvalue weighted by molar-refractivity contribution is -0.121. The number of anilines is 1. The summed E-state index contributed by atoms with van der Waals surface area (Å²) >= 11 is 3.36. The summed E-state index contributed by atoms with van der Waals surface area (Å²) < 4.78 is 5.99. The molecule has 0 fully saturated rings. The average molecular weight is 301 g/mol. The van der Waals surface area contributed by atoms with E-state index in [1.165, 1.54) is 0 Å². The first kappa shape index (κ1) is 14.0. The van der Waals surface area contributed by atoms with Gasteiger partial charge >= 0.3 is 0 Å². The number of rotatable bonds is 4. The van der Waals surface area contributed by atoms with Crippen molar-refractivity contribution in [2.24, 2.45) is 0 Å². The summed E-state index contributed by atoms with van der Waals surface area (Å²) in [5, 5.41) is 5.79. The number of amides is 1. The van der Waals surface area contributed by atoms with Crippen molar-refractivity contribution in [1.29, 1.82) is 0 Å². The third kappa shape index (κ3) is 3.71. The minimum Gasteiger partial charge on any atom is -0.497 e. The Labute approximate surface area is 110 Å². The predicted octanol–water partition coefficient (Wildman–Crippen LogP) is 2.39. The molecule has 17 heavy (non-hydrogen) atoms. The van der Waals surface area contributed by atoms with Gasteiger partial charge in [0.15, 0.2) is 0 Å². The largest absolute Gasteiger partial charge is 0.497 e. The van der Waals surface area contributed by atoms with Gasteiger partial charge in [0.2, 0.25) is 5.91 Å². The Kier molecular flexibility index (Phi) is 4.54. The number of carbonyl (C=O) groups is 1. The van der Waals surface area contributed by atoms with Gasteiger partial charge in [-0.3, -0.25) is 4.79 Å². The monoisotopic (exact) mass is 300 g/mol. The van der Waals surface area contributed by atoms with Gasteiger partial charge < -0.3 is 15.4 Å². The van der Waals surface area contributed by atoms with E-state index in [4.69, 9.17) is 4.74 Å². The molecule has 0 saturated carbocycles. The summed E-state index contributed by atoms with van der Waals surface area (Å²) in [4.78, 5) is 11.9. The number of carbonyl (C=O) groups excluding carboxylic acids is 1. The smallest absolute Gasteiger partial charge is 0.244 e. The fourth-order valence-electron chi connectivity index (χ4n) is 1.15. The molecule has 0 atom stereocenters. The lowest BCUT2D eigenvalue weighted by atomic mass is 10.1. The van der Waals surface area contributed by atoms with Gasteiger partial charge in [-0.15, -0.1) is 0 Å². The second kappa shape index (κ2) is 5.51. The first-order chi connectivity index (χ1) is 7.89. The number of hydrogen-bond donors (Lipinski definition) is 2. The van der Waals surface area contributed by atoms with Crippen LogP contribution in [0, 0.1) is 0 Å². The SMILES string of the molecule is CNC(C)(C)C(=O)Nc1cc(Br)cc(OC)c1. The molecule has 0 spiro atoms. The zero-order valence-electron chi connectivity index (χ0n) is 10.4.